The summed E-state index contributed by atoms with van der Waals surface area (Å²) in [7, 11) is 0. The van der Waals surface area contributed by atoms with Gasteiger partial charge in [0.05, 0.1) is 5.60 Å². The van der Waals surface area contributed by atoms with Crippen molar-refractivity contribution in [2.75, 3.05) is 6.54 Å². The quantitative estimate of drug-likeness (QED) is 0.777. The number of amides is 1. The molecule has 0 atom stereocenters. The lowest BCUT2D eigenvalue weighted by Gasteiger charge is -2.27. The Hall–Kier alpha value is -2.28. The highest BCUT2D eigenvalue weighted by atomic mass is 19.1. The molecule has 2 rings (SSSR count). The van der Waals surface area contributed by atoms with Crippen molar-refractivity contribution in [3.8, 4) is 5.69 Å². The number of carbonyl (C=O) groups excluding carboxylic acids is 1. The zero-order valence-corrected chi connectivity index (χ0v) is 14.0. The first kappa shape index (κ1) is 18.1. The second-order valence-electron chi connectivity index (χ2n) is 5.91. The van der Waals surface area contributed by atoms with E-state index >= 15 is 0 Å². The van der Waals surface area contributed by atoms with E-state index in [9.17, 15) is 14.3 Å². The average Bonchev–Trinajstić information content (AvgIpc) is 3.07. The molecular weight excluding hydrogens is 311 g/mol. The van der Waals surface area contributed by atoms with Crippen molar-refractivity contribution in [1.82, 2.24) is 20.1 Å². The SMILES string of the molecule is CCCC(O)(CCC)CNC(=O)c1ccc(-n2cncn2)c(F)c1. The molecule has 0 spiro atoms. The first-order valence-electron chi connectivity index (χ1n) is 8.14. The van der Waals surface area contributed by atoms with Crippen molar-refractivity contribution in [2.45, 2.75) is 45.1 Å². The van der Waals surface area contributed by atoms with Gasteiger partial charge in [0.2, 0.25) is 0 Å². The first-order valence-corrected chi connectivity index (χ1v) is 8.14. The van der Waals surface area contributed by atoms with E-state index < -0.39 is 17.3 Å². The summed E-state index contributed by atoms with van der Waals surface area (Å²) in [5.41, 5.74) is -0.498. The van der Waals surface area contributed by atoms with Gasteiger partial charge >= 0.3 is 0 Å². The van der Waals surface area contributed by atoms with Crippen molar-refractivity contribution in [3.05, 3.63) is 42.2 Å². The lowest BCUT2D eigenvalue weighted by atomic mass is 9.92. The number of nitrogens with zero attached hydrogens (tertiary/aromatic N) is 3. The van der Waals surface area contributed by atoms with Crippen LogP contribution in [0.3, 0.4) is 0 Å². The molecule has 2 N–H and O–H groups in total. The fourth-order valence-electron chi connectivity index (χ4n) is 2.75. The van der Waals surface area contributed by atoms with Gasteiger partial charge in [-0.1, -0.05) is 26.7 Å². The van der Waals surface area contributed by atoms with E-state index in [0.717, 1.165) is 18.9 Å². The number of benzene rings is 1. The Morgan fingerprint density at radius 1 is 1.33 bits per heavy atom. The van der Waals surface area contributed by atoms with Crippen LogP contribution >= 0.6 is 0 Å². The van der Waals surface area contributed by atoms with Crippen LogP contribution in [-0.4, -0.2) is 37.9 Å². The van der Waals surface area contributed by atoms with Crippen molar-refractivity contribution in [3.63, 3.8) is 0 Å². The monoisotopic (exact) mass is 334 g/mol. The Kier molecular flexibility index (Phi) is 6.03. The first-order chi connectivity index (χ1) is 11.5. The molecule has 7 heteroatoms. The topological polar surface area (TPSA) is 80.0 Å². The molecule has 0 aliphatic carbocycles. The Balaban J connectivity index is 2.06. The van der Waals surface area contributed by atoms with Gasteiger partial charge in [-0.15, -0.1) is 0 Å². The van der Waals surface area contributed by atoms with Crippen LogP contribution in [0.2, 0.25) is 0 Å². The molecule has 1 aromatic heterocycles. The second-order valence-corrected chi connectivity index (χ2v) is 5.91. The molecule has 0 saturated heterocycles. The van der Waals surface area contributed by atoms with Crippen molar-refractivity contribution in [2.24, 2.45) is 0 Å². The van der Waals surface area contributed by atoms with Gasteiger partial charge in [-0.3, -0.25) is 4.79 Å². The minimum Gasteiger partial charge on any atom is -0.388 e. The third-order valence-electron chi connectivity index (χ3n) is 3.88. The van der Waals surface area contributed by atoms with Gasteiger partial charge in [0.1, 0.15) is 24.2 Å². The number of rotatable bonds is 8. The van der Waals surface area contributed by atoms with Crippen LogP contribution in [-0.2, 0) is 0 Å². The molecule has 0 fully saturated rings. The fourth-order valence-corrected chi connectivity index (χ4v) is 2.75. The predicted molar refractivity (Wildman–Crippen MR) is 88.4 cm³/mol. The standard InChI is InChI=1S/C17H23FN4O2/c1-3-7-17(24,8-4-2)10-20-16(23)13-5-6-15(14(18)9-13)22-12-19-11-21-22/h5-6,9,11-12,24H,3-4,7-8,10H2,1-2H3,(H,20,23). The fraction of sp³-hybridized carbons (Fsp3) is 0.471. The van der Waals surface area contributed by atoms with Crippen molar-refractivity contribution >= 4 is 5.91 Å². The zero-order chi connectivity index (χ0) is 17.6. The number of aliphatic hydroxyl groups is 1. The van der Waals surface area contributed by atoms with E-state index in [2.05, 4.69) is 15.4 Å². The molecule has 2 aromatic rings. The van der Waals surface area contributed by atoms with E-state index in [4.69, 9.17) is 0 Å². The van der Waals surface area contributed by atoms with Crippen LogP contribution in [0, 0.1) is 5.82 Å². The largest absolute Gasteiger partial charge is 0.388 e. The van der Waals surface area contributed by atoms with Gasteiger partial charge in [0, 0.05) is 12.1 Å². The van der Waals surface area contributed by atoms with Crippen molar-refractivity contribution in [1.29, 1.82) is 0 Å². The summed E-state index contributed by atoms with van der Waals surface area (Å²) in [6.07, 6.45) is 5.57. The maximum atomic E-state index is 14.2. The summed E-state index contributed by atoms with van der Waals surface area (Å²) in [6, 6.07) is 4.16. The summed E-state index contributed by atoms with van der Waals surface area (Å²) in [6.45, 7) is 4.13. The van der Waals surface area contributed by atoms with Crippen LogP contribution in [0.1, 0.15) is 49.9 Å². The number of carbonyl (C=O) groups is 1. The summed E-state index contributed by atoms with van der Waals surface area (Å²) < 4.78 is 15.5. The number of aromatic nitrogens is 3. The maximum Gasteiger partial charge on any atom is 0.251 e. The molecular formula is C17H23FN4O2. The molecule has 1 heterocycles. The van der Waals surface area contributed by atoms with Gasteiger partial charge in [-0.05, 0) is 31.0 Å². The van der Waals surface area contributed by atoms with Crippen LogP contribution in [0.25, 0.3) is 5.69 Å². The third-order valence-corrected chi connectivity index (χ3v) is 3.88. The molecule has 6 nitrogen and oxygen atoms in total. The van der Waals surface area contributed by atoms with Gasteiger partial charge in [0.25, 0.3) is 5.91 Å². The van der Waals surface area contributed by atoms with Gasteiger partial charge < -0.3 is 10.4 Å². The highest BCUT2D eigenvalue weighted by Gasteiger charge is 2.25. The minimum absolute atomic E-state index is 0.153. The van der Waals surface area contributed by atoms with E-state index in [1.165, 1.54) is 29.5 Å². The summed E-state index contributed by atoms with van der Waals surface area (Å²) in [5, 5.41) is 17.1. The summed E-state index contributed by atoms with van der Waals surface area (Å²) >= 11 is 0. The minimum atomic E-state index is -0.918. The molecule has 0 aliphatic rings. The van der Waals surface area contributed by atoms with E-state index in [1.807, 2.05) is 13.8 Å². The normalized spacial score (nSPS) is 11.5. The summed E-state index contributed by atoms with van der Waals surface area (Å²) in [5.74, 6) is -0.977. The van der Waals surface area contributed by atoms with Crippen LogP contribution in [0.4, 0.5) is 4.39 Å². The van der Waals surface area contributed by atoms with E-state index in [-0.39, 0.29) is 17.8 Å². The Labute approximate surface area is 140 Å². The predicted octanol–water partition coefficient (Wildman–Crippen LogP) is 2.47. The number of nitrogens with one attached hydrogen (secondary N) is 1. The molecule has 130 valence electrons. The highest BCUT2D eigenvalue weighted by molar-refractivity contribution is 5.94. The molecule has 24 heavy (non-hydrogen) atoms. The molecule has 1 aromatic carbocycles. The van der Waals surface area contributed by atoms with Crippen LogP contribution < -0.4 is 5.32 Å². The Morgan fingerprint density at radius 3 is 2.58 bits per heavy atom. The lowest BCUT2D eigenvalue weighted by molar-refractivity contribution is 0.0213. The Bertz CT molecular complexity index is 667. The van der Waals surface area contributed by atoms with Gasteiger partial charge in [-0.25, -0.2) is 14.1 Å². The van der Waals surface area contributed by atoms with E-state index in [1.54, 1.807) is 0 Å². The molecule has 1 amide bonds. The van der Waals surface area contributed by atoms with E-state index in [0.29, 0.717) is 12.8 Å². The number of hydrogen-bond acceptors (Lipinski definition) is 4. The second kappa shape index (κ2) is 8.01. The molecule has 0 aliphatic heterocycles. The lowest BCUT2D eigenvalue weighted by Crippen LogP contribution is -2.42. The van der Waals surface area contributed by atoms with Crippen LogP contribution in [0.15, 0.2) is 30.9 Å². The molecule has 0 saturated carbocycles. The van der Waals surface area contributed by atoms with Crippen molar-refractivity contribution < 1.29 is 14.3 Å². The number of hydrogen-bond donors (Lipinski definition) is 2. The number of halogens is 1. The van der Waals surface area contributed by atoms with Gasteiger partial charge in [0.15, 0.2) is 0 Å². The maximum absolute atomic E-state index is 14.2. The summed E-state index contributed by atoms with van der Waals surface area (Å²) in [4.78, 5) is 16.0. The van der Waals surface area contributed by atoms with Crippen LogP contribution in [0.5, 0.6) is 0 Å². The van der Waals surface area contributed by atoms with Gasteiger partial charge in [-0.2, -0.15) is 5.10 Å². The zero-order valence-electron chi connectivity index (χ0n) is 14.0. The Morgan fingerprint density at radius 2 is 2.04 bits per heavy atom. The molecule has 0 unspecified atom stereocenters. The smallest absolute Gasteiger partial charge is 0.251 e. The third kappa shape index (κ3) is 4.38. The molecule has 0 radical (unpaired) electrons. The molecule has 0 bridgehead atoms. The highest BCUT2D eigenvalue weighted by Crippen LogP contribution is 2.19. The average molecular weight is 334 g/mol.